The van der Waals surface area contributed by atoms with Crippen LogP contribution >= 0.6 is 0 Å². The summed E-state index contributed by atoms with van der Waals surface area (Å²) in [6, 6.07) is 17.3. The van der Waals surface area contributed by atoms with E-state index in [1.165, 1.54) is 0 Å². The molecule has 0 fully saturated rings. The number of rotatable bonds is 5. The number of ketones is 2. The average molecular weight is 542 g/mol. The van der Waals surface area contributed by atoms with Crippen molar-refractivity contribution in [2.75, 3.05) is 10.6 Å². The Hall–Kier alpha value is -5.45. The smallest absolute Gasteiger partial charge is 0.324 e. The van der Waals surface area contributed by atoms with Gasteiger partial charge in [-0.15, -0.1) is 0 Å². The van der Waals surface area contributed by atoms with E-state index in [1.807, 2.05) is 0 Å². The van der Waals surface area contributed by atoms with Crippen molar-refractivity contribution in [3.63, 3.8) is 0 Å². The van der Waals surface area contributed by atoms with E-state index in [-0.39, 0.29) is 24.0 Å². The van der Waals surface area contributed by atoms with Crippen molar-refractivity contribution in [1.82, 2.24) is 10.2 Å². The molecular formula is C29H17F3N4O4. The Kier molecular flexibility index (Phi) is 6.03. The zero-order valence-corrected chi connectivity index (χ0v) is 20.3. The van der Waals surface area contributed by atoms with Gasteiger partial charge in [0.2, 0.25) is 0 Å². The minimum atomic E-state index is -1.70. The maximum atomic E-state index is 13.8. The molecule has 0 radical (unpaired) electrons. The van der Waals surface area contributed by atoms with Crippen molar-refractivity contribution in [2.24, 2.45) is 0 Å². The van der Waals surface area contributed by atoms with Crippen LogP contribution in [0, 0.1) is 17.5 Å². The molecule has 0 atom stereocenters. The van der Waals surface area contributed by atoms with Crippen LogP contribution in [0.1, 0.15) is 37.4 Å². The lowest BCUT2D eigenvalue weighted by Crippen LogP contribution is -2.21. The maximum absolute atomic E-state index is 13.8. The number of ether oxygens (including phenoxy) is 1. The van der Waals surface area contributed by atoms with E-state index in [9.17, 15) is 27.6 Å². The zero-order chi connectivity index (χ0) is 28.0. The predicted molar refractivity (Wildman–Crippen MR) is 139 cm³/mol. The van der Waals surface area contributed by atoms with Crippen LogP contribution in [-0.4, -0.2) is 27.8 Å². The highest BCUT2D eigenvalue weighted by Gasteiger charge is 2.29. The number of carbonyl (C=O) groups excluding carboxylic acids is 3. The van der Waals surface area contributed by atoms with E-state index >= 15 is 0 Å². The minimum absolute atomic E-state index is 0.111. The first kappa shape index (κ1) is 24.9. The second-order valence-electron chi connectivity index (χ2n) is 8.95. The van der Waals surface area contributed by atoms with E-state index < -0.39 is 29.2 Å². The Morgan fingerprint density at radius 1 is 0.800 bits per heavy atom. The molecule has 0 saturated carbocycles. The lowest BCUT2D eigenvalue weighted by Gasteiger charge is -2.18. The van der Waals surface area contributed by atoms with Crippen LogP contribution in [0.25, 0.3) is 10.9 Å². The Bertz CT molecular complexity index is 1870. The fourth-order valence-corrected chi connectivity index (χ4v) is 4.47. The predicted octanol–water partition coefficient (Wildman–Crippen LogP) is 5.98. The number of fused-ring (bicyclic) bond motifs is 3. The molecule has 1 aromatic heterocycles. The number of anilines is 2. The van der Waals surface area contributed by atoms with Crippen molar-refractivity contribution in [3.8, 4) is 5.75 Å². The van der Waals surface area contributed by atoms with E-state index in [2.05, 4.69) is 20.8 Å². The molecule has 0 bridgehead atoms. The van der Waals surface area contributed by atoms with Crippen LogP contribution in [-0.2, 0) is 6.61 Å². The van der Waals surface area contributed by atoms with Crippen LogP contribution in [0.4, 0.5) is 29.5 Å². The molecule has 5 aromatic rings. The van der Waals surface area contributed by atoms with Crippen LogP contribution in [0.3, 0.4) is 0 Å². The van der Waals surface area contributed by atoms with Crippen molar-refractivity contribution in [2.45, 2.75) is 6.61 Å². The van der Waals surface area contributed by atoms with Crippen molar-refractivity contribution in [1.29, 1.82) is 0 Å². The van der Waals surface area contributed by atoms with Gasteiger partial charge >= 0.3 is 6.03 Å². The quantitative estimate of drug-likeness (QED) is 0.232. The highest BCUT2D eigenvalue weighted by atomic mass is 19.2. The third kappa shape index (κ3) is 4.33. The minimum Gasteiger partial charge on any atom is -0.489 e. The van der Waals surface area contributed by atoms with Crippen LogP contribution in [0.15, 0.2) is 72.8 Å². The highest BCUT2D eigenvalue weighted by molar-refractivity contribution is 6.28. The summed E-state index contributed by atoms with van der Waals surface area (Å²) in [5.41, 5.74) is 2.09. The number of urea groups is 1. The number of amides is 2. The summed E-state index contributed by atoms with van der Waals surface area (Å²) in [6.45, 7) is 0.114. The lowest BCUT2D eigenvalue weighted by molar-refractivity contribution is 0.0979. The third-order valence-electron chi connectivity index (χ3n) is 6.44. The molecule has 1 heterocycles. The number of hydrogen-bond acceptors (Lipinski definition) is 5. The number of carbonyl (C=O) groups is 3. The number of aromatic nitrogens is 2. The molecule has 1 aliphatic carbocycles. The number of nitrogens with one attached hydrogen (secondary N) is 3. The Balaban J connectivity index is 1.14. The van der Waals surface area contributed by atoms with Gasteiger partial charge in [0.25, 0.3) is 0 Å². The van der Waals surface area contributed by atoms with Gasteiger partial charge in [-0.2, -0.15) is 5.10 Å². The van der Waals surface area contributed by atoms with Gasteiger partial charge < -0.3 is 10.1 Å². The monoisotopic (exact) mass is 542 g/mol. The second kappa shape index (κ2) is 9.70. The standard InChI is InChI=1S/C29H17F3N4O4/c30-21-9-10-22(25(32)24(21)31)33-29(39)34-28-19-8-6-15(12-23(19)35-36-28)40-13-14-5-7-18-20(11-14)27(38)17-4-2-1-3-16(17)26(18)37/h1-12H,13H2,(H3,33,34,35,36,39). The van der Waals surface area contributed by atoms with Crippen molar-refractivity contribution in [3.05, 3.63) is 118 Å². The van der Waals surface area contributed by atoms with Gasteiger partial charge in [-0.3, -0.25) is 20.0 Å². The molecule has 4 aromatic carbocycles. The molecule has 0 unspecified atom stereocenters. The van der Waals surface area contributed by atoms with Gasteiger partial charge in [0.1, 0.15) is 12.4 Å². The zero-order valence-electron chi connectivity index (χ0n) is 20.3. The molecule has 11 heteroatoms. The van der Waals surface area contributed by atoms with E-state index in [0.717, 1.165) is 6.07 Å². The molecule has 0 aliphatic heterocycles. The number of aromatic amines is 1. The van der Waals surface area contributed by atoms with E-state index in [4.69, 9.17) is 4.74 Å². The van der Waals surface area contributed by atoms with Gasteiger partial charge in [0, 0.05) is 33.7 Å². The first-order chi connectivity index (χ1) is 19.3. The van der Waals surface area contributed by atoms with Crippen LogP contribution in [0.5, 0.6) is 5.75 Å². The Labute approximate surface area is 223 Å². The molecule has 0 saturated heterocycles. The third-order valence-corrected chi connectivity index (χ3v) is 6.44. The molecule has 0 spiro atoms. The summed E-state index contributed by atoms with van der Waals surface area (Å²) in [5.74, 6) is -4.44. The van der Waals surface area contributed by atoms with Crippen LogP contribution < -0.4 is 15.4 Å². The highest BCUT2D eigenvalue weighted by Crippen LogP contribution is 2.29. The second-order valence-corrected chi connectivity index (χ2v) is 8.95. The van der Waals surface area contributed by atoms with Gasteiger partial charge in [-0.25, -0.2) is 18.0 Å². The van der Waals surface area contributed by atoms with Crippen molar-refractivity contribution >= 4 is 40.0 Å². The maximum Gasteiger partial charge on any atom is 0.324 e. The van der Waals surface area contributed by atoms with Gasteiger partial charge in [0.15, 0.2) is 34.8 Å². The Morgan fingerprint density at radius 2 is 1.52 bits per heavy atom. The number of nitrogens with zero attached hydrogens (tertiary/aromatic N) is 1. The summed E-state index contributed by atoms with van der Waals surface area (Å²) in [5, 5.41) is 11.8. The van der Waals surface area contributed by atoms with Gasteiger partial charge in [-0.1, -0.05) is 30.3 Å². The summed E-state index contributed by atoms with van der Waals surface area (Å²) >= 11 is 0. The van der Waals surface area contributed by atoms with E-state index in [1.54, 1.807) is 60.7 Å². The number of hydrogen-bond donors (Lipinski definition) is 3. The first-order valence-corrected chi connectivity index (χ1v) is 11.9. The first-order valence-electron chi connectivity index (χ1n) is 11.9. The molecule has 1 aliphatic rings. The average Bonchev–Trinajstić information content (AvgIpc) is 3.36. The van der Waals surface area contributed by atoms with Crippen LogP contribution in [0.2, 0.25) is 0 Å². The summed E-state index contributed by atoms with van der Waals surface area (Å²) < 4.78 is 46.3. The summed E-state index contributed by atoms with van der Waals surface area (Å²) in [4.78, 5) is 38.0. The summed E-state index contributed by atoms with van der Waals surface area (Å²) in [7, 11) is 0. The normalized spacial score (nSPS) is 12.2. The topological polar surface area (TPSA) is 113 Å². The van der Waals surface area contributed by atoms with Gasteiger partial charge in [-0.05, 0) is 42.0 Å². The van der Waals surface area contributed by atoms with Crippen molar-refractivity contribution < 1.29 is 32.3 Å². The number of H-pyrrole nitrogens is 1. The number of benzene rings is 4. The molecule has 3 N–H and O–H groups in total. The number of halogens is 3. The molecule has 2 amide bonds. The van der Waals surface area contributed by atoms with E-state index in [0.29, 0.717) is 50.5 Å². The summed E-state index contributed by atoms with van der Waals surface area (Å²) in [6.07, 6.45) is 0. The molecular weight excluding hydrogens is 525 g/mol. The molecule has 40 heavy (non-hydrogen) atoms. The SMILES string of the molecule is O=C(Nc1ccc(F)c(F)c1F)Nc1n[nH]c2cc(OCc3ccc4c(c3)C(=O)c3ccccc3C4=O)ccc12. The Morgan fingerprint density at radius 3 is 2.30 bits per heavy atom. The molecule has 8 nitrogen and oxygen atoms in total. The fourth-order valence-electron chi connectivity index (χ4n) is 4.47. The fraction of sp³-hybridized carbons (Fsp3) is 0.0345. The lowest BCUT2D eigenvalue weighted by atomic mass is 9.83. The molecule has 198 valence electrons. The van der Waals surface area contributed by atoms with Gasteiger partial charge in [0.05, 0.1) is 11.2 Å². The largest absolute Gasteiger partial charge is 0.489 e. The molecule has 6 rings (SSSR count).